The van der Waals surface area contributed by atoms with Gasteiger partial charge in [-0.05, 0) is 49.1 Å². The Morgan fingerprint density at radius 2 is 2.08 bits per heavy atom. The van der Waals surface area contributed by atoms with Crippen molar-refractivity contribution in [3.8, 4) is 0 Å². The Labute approximate surface area is 144 Å². The zero-order valence-corrected chi connectivity index (χ0v) is 14.4. The first-order chi connectivity index (χ1) is 11.5. The standard InChI is InChI=1S/C19H19NO3S/c1-13-7-8-15(14(2)11-13)18(21)20-12-19(22,16-5-3-9-23-16)17-6-4-10-24-17/h3-11,22H,12H2,1-2H3,(H,20,21). The van der Waals surface area contributed by atoms with Crippen molar-refractivity contribution in [3.63, 3.8) is 0 Å². The second-order valence-corrected chi connectivity index (χ2v) is 6.76. The number of hydrogen-bond acceptors (Lipinski definition) is 4. The van der Waals surface area contributed by atoms with Crippen molar-refractivity contribution in [2.24, 2.45) is 0 Å². The van der Waals surface area contributed by atoms with Crippen LogP contribution in [0.2, 0.25) is 0 Å². The minimum atomic E-state index is -1.38. The van der Waals surface area contributed by atoms with Gasteiger partial charge in [0.25, 0.3) is 5.91 Å². The molecule has 2 heterocycles. The Morgan fingerprint density at radius 1 is 1.25 bits per heavy atom. The molecule has 0 radical (unpaired) electrons. The van der Waals surface area contributed by atoms with Gasteiger partial charge in [0.05, 0.1) is 12.8 Å². The fraction of sp³-hybridized carbons (Fsp3) is 0.211. The third kappa shape index (κ3) is 3.13. The van der Waals surface area contributed by atoms with Crippen molar-refractivity contribution in [2.45, 2.75) is 19.4 Å². The zero-order chi connectivity index (χ0) is 17.2. The number of aliphatic hydroxyl groups is 1. The lowest BCUT2D eigenvalue weighted by molar-refractivity contribution is 0.0554. The molecule has 124 valence electrons. The summed E-state index contributed by atoms with van der Waals surface area (Å²) in [5, 5.41) is 15.9. The molecule has 1 atom stereocenters. The molecular formula is C19H19NO3S. The molecule has 0 aliphatic carbocycles. The first-order valence-electron chi connectivity index (χ1n) is 7.66. The van der Waals surface area contributed by atoms with Crippen LogP contribution < -0.4 is 5.32 Å². The van der Waals surface area contributed by atoms with Crippen molar-refractivity contribution in [3.05, 3.63) is 81.4 Å². The van der Waals surface area contributed by atoms with Crippen LogP contribution in [0, 0.1) is 13.8 Å². The average Bonchev–Trinajstić information content (AvgIpc) is 3.25. The third-order valence-electron chi connectivity index (χ3n) is 3.99. The van der Waals surface area contributed by atoms with Gasteiger partial charge in [-0.3, -0.25) is 4.79 Å². The summed E-state index contributed by atoms with van der Waals surface area (Å²) in [5.74, 6) is 0.194. The van der Waals surface area contributed by atoms with E-state index in [1.165, 1.54) is 17.6 Å². The maximum absolute atomic E-state index is 12.5. The molecular weight excluding hydrogens is 322 g/mol. The molecule has 0 saturated carbocycles. The molecule has 1 amide bonds. The van der Waals surface area contributed by atoms with Crippen molar-refractivity contribution in [1.82, 2.24) is 5.32 Å². The number of benzene rings is 1. The van der Waals surface area contributed by atoms with E-state index in [1.807, 2.05) is 43.5 Å². The number of nitrogens with one attached hydrogen (secondary N) is 1. The number of carbonyl (C=O) groups is 1. The van der Waals surface area contributed by atoms with Crippen LogP contribution in [0.5, 0.6) is 0 Å². The van der Waals surface area contributed by atoms with Crippen molar-refractivity contribution < 1.29 is 14.3 Å². The predicted molar refractivity (Wildman–Crippen MR) is 94.3 cm³/mol. The molecule has 0 fully saturated rings. The lowest BCUT2D eigenvalue weighted by Crippen LogP contribution is -2.41. The van der Waals surface area contributed by atoms with Gasteiger partial charge in [0, 0.05) is 10.4 Å². The molecule has 4 nitrogen and oxygen atoms in total. The van der Waals surface area contributed by atoms with Crippen molar-refractivity contribution in [1.29, 1.82) is 0 Å². The van der Waals surface area contributed by atoms with E-state index in [0.29, 0.717) is 11.3 Å². The Kier molecular flexibility index (Phi) is 4.55. The minimum absolute atomic E-state index is 0.0349. The molecule has 0 bridgehead atoms. The van der Waals surface area contributed by atoms with Gasteiger partial charge in [-0.2, -0.15) is 0 Å². The van der Waals surface area contributed by atoms with Gasteiger partial charge in [0.15, 0.2) is 5.60 Å². The highest BCUT2D eigenvalue weighted by atomic mass is 32.1. The van der Waals surface area contributed by atoms with Gasteiger partial charge in [-0.1, -0.05) is 23.8 Å². The number of rotatable bonds is 5. The summed E-state index contributed by atoms with van der Waals surface area (Å²) in [6, 6.07) is 12.8. The summed E-state index contributed by atoms with van der Waals surface area (Å²) < 4.78 is 5.41. The molecule has 2 N–H and O–H groups in total. The van der Waals surface area contributed by atoms with Gasteiger partial charge in [0.2, 0.25) is 0 Å². The summed E-state index contributed by atoms with van der Waals surface area (Å²) in [6.07, 6.45) is 1.51. The highest BCUT2D eigenvalue weighted by Crippen LogP contribution is 2.32. The van der Waals surface area contributed by atoms with Gasteiger partial charge < -0.3 is 14.8 Å². The molecule has 5 heteroatoms. The smallest absolute Gasteiger partial charge is 0.251 e. The number of aryl methyl sites for hydroxylation is 2. The quantitative estimate of drug-likeness (QED) is 0.745. The fourth-order valence-corrected chi connectivity index (χ4v) is 3.52. The number of hydrogen-bond donors (Lipinski definition) is 2. The number of furan rings is 1. The van der Waals surface area contributed by atoms with E-state index in [4.69, 9.17) is 4.42 Å². The highest BCUT2D eigenvalue weighted by Gasteiger charge is 2.36. The largest absolute Gasteiger partial charge is 0.466 e. The summed E-state index contributed by atoms with van der Waals surface area (Å²) in [4.78, 5) is 13.2. The summed E-state index contributed by atoms with van der Waals surface area (Å²) in [5.41, 5.74) is 1.24. The monoisotopic (exact) mass is 341 g/mol. The van der Waals surface area contributed by atoms with E-state index in [-0.39, 0.29) is 12.5 Å². The summed E-state index contributed by atoms with van der Waals surface area (Å²) in [6.45, 7) is 3.92. The summed E-state index contributed by atoms with van der Waals surface area (Å²) >= 11 is 1.42. The number of amides is 1. The molecule has 0 saturated heterocycles. The van der Waals surface area contributed by atoms with E-state index >= 15 is 0 Å². The highest BCUT2D eigenvalue weighted by molar-refractivity contribution is 7.10. The molecule has 3 aromatic rings. The van der Waals surface area contributed by atoms with Gasteiger partial charge in [-0.25, -0.2) is 0 Å². The number of thiophene rings is 1. The average molecular weight is 341 g/mol. The second-order valence-electron chi connectivity index (χ2n) is 5.82. The molecule has 0 aliphatic heterocycles. The molecule has 0 spiro atoms. The van der Waals surface area contributed by atoms with Crippen LogP contribution in [0.4, 0.5) is 0 Å². The molecule has 2 aromatic heterocycles. The van der Waals surface area contributed by atoms with E-state index < -0.39 is 5.60 Å². The summed E-state index contributed by atoms with van der Waals surface area (Å²) in [7, 11) is 0. The first-order valence-corrected chi connectivity index (χ1v) is 8.54. The van der Waals surface area contributed by atoms with Crippen LogP contribution >= 0.6 is 11.3 Å². The van der Waals surface area contributed by atoms with Gasteiger partial charge in [0.1, 0.15) is 5.76 Å². The Hall–Kier alpha value is -2.37. The van der Waals surface area contributed by atoms with E-state index in [9.17, 15) is 9.90 Å². The van der Waals surface area contributed by atoms with Crippen LogP contribution in [0.25, 0.3) is 0 Å². The Bertz CT molecular complexity index is 788. The van der Waals surface area contributed by atoms with Gasteiger partial charge >= 0.3 is 0 Å². The zero-order valence-electron chi connectivity index (χ0n) is 13.6. The topological polar surface area (TPSA) is 62.5 Å². The van der Waals surface area contributed by atoms with E-state index in [2.05, 4.69) is 5.32 Å². The van der Waals surface area contributed by atoms with Crippen LogP contribution in [0.1, 0.15) is 32.1 Å². The molecule has 1 unspecified atom stereocenters. The maximum atomic E-state index is 12.5. The minimum Gasteiger partial charge on any atom is -0.466 e. The van der Waals surface area contributed by atoms with Crippen LogP contribution in [-0.4, -0.2) is 17.6 Å². The number of carbonyl (C=O) groups excluding carboxylic acids is 1. The van der Waals surface area contributed by atoms with Crippen LogP contribution in [0.3, 0.4) is 0 Å². The molecule has 24 heavy (non-hydrogen) atoms. The fourth-order valence-electron chi connectivity index (χ4n) is 2.70. The normalized spacial score (nSPS) is 13.5. The van der Waals surface area contributed by atoms with Crippen molar-refractivity contribution in [2.75, 3.05) is 6.54 Å². The lowest BCUT2D eigenvalue weighted by atomic mass is 9.98. The van der Waals surface area contributed by atoms with Crippen molar-refractivity contribution >= 4 is 17.2 Å². The predicted octanol–water partition coefficient (Wildman–Crippen LogP) is 3.62. The second kappa shape index (κ2) is 6.63. The lowest BCUT2D eigenvalue weighted by Gasteiger charge is -2.25. The Balaban J connectivity index is 1.83. The van der Waals surface area contributed by atoms with E-state index in [1.54, 1.807) is 18.2 Å². The maximum Gasteiger partial charge on any atom is 0.251 e. The van der Waals surface area contributed by atoms with E-state index in [0.717, 1.165) is 16.0 Å². The first kappa shape index (κ1) is 16.5. The molecule has 1 aromatic carbocycles. The SMILES string of the molecule is Cc1ccc(C(=O)NCC(O)(c2ccco2)c2cccs2)c(C)c1. The Morgan fingerprint density at radius 3 is 2.71 bits per heavy atom. The molecule has 3 rings (SSSR count). The van der Waals surface area contributed by atoms with Gasteiger partial charge in [-0.15, -0.1) is 11.3 Å². The van der Waals surface area contributed by atoms with Crippen LogP contribution in [0.15, 0.2) is 58.5 Å². The molecule has 0 aliphatic rings. The third-order valence-corrected chi connectivity index (χ3v) is 5.01. The van der Waals surface area contributed by atoms with Crippen LogP contribution in [-0.2, 0) is 5.60 Å².